The second kappa shape index (κ2) is 18.3. The molecule has 0 radical (unpaired) electrons. The normalized spacial score (nSPS) is 11.9. The Bertz CT molecular complexity index is 984. The molecule has 2 aromatic carbocycles. The van der Waals surface area contributed by atoms with Crippen LogP contribution in [0.15, 0.2) is 42.5 Å². The number of carbonyl (C=O) groups excluding carboxylic acids is 1. The molecule has 0 heterocycles. The predicted molar refractivity (Wildman–Crippen MR) is 153 cm³/mol. The molecule has 0 spiro atoms. The van der Waals surface area contributed by atoms with Gasteiger partial charge in [0.15, 0.2) is 0 Å². The third-order valence-corrected chi connectivity index (χ3v) is 6.30. The maximum absolute atomic E-state index is 12.6. The van der Waals surface area contributed by atoms with E-state index in [2.05, 4.69) is 6.92 Å². The molecule has 2 aromatic rings. The number of aliphatic hydroxyl groups is 1. The number of esters is 1. The Hall–Kier alpha value is -2.99. The highest BCUT2D eigenvalue weighted by Crippen LogP contribution is 2.32. The number of aliphatic hydroxyl groups excluding tert-OH is 1. The summed E-state index contributed by atoms with van der Waals surface area (Å²) in [6.45, 7) is 7.16. The van der Waals surface area contributed by atoms with Crippen LogP contribution >= 0.6 is 0 Å². The number of rotatable bonds is 19. The number of hydrogen-bond acceptors (Lipinski definition) is 6. The Labute approximate surface area is 229 Å². The predicted octanol–water partition coefficient (Wildman–Crippen LogP) is 8.07. The Morgan fingerprint density at radius 2 is 1.45 bits per heavy atom. The van der Waals surface area contributed by atoms with Gasteiger partial charge < -0.3 is 24.1 Å². The summed E-state index contributed by atoms with van der Waals surface area (Å²) >= 11 is 0. The van der Waals surface area contributed by atoms with E-state index < -0.39 is 6.10 Å². The van der Waals surface area contributed by atoms with E-state index in [9.17, 15) is 9.90 Å². The van der Waals surface area contributed by atoms with Gasteiger partial charge in [-0.1, -0.05) is 70.4 Å². The van der Waals surface area contributed by atoms with Gasteiger partial charge in [0.05, 0.1) is 20.3 Å². The fraction of sp³-hybridized carbons (Fsp3) is 0.531. The third kappa shape index (κ3) is 11.2. The quantitative estimate of drug-likeness (QED) is 0.113. The van der Waals surface area contributed by atoms with Crippen LogP contribution in [0.1, 0.15) is 102 Å². The molecule has 1 unspecified atom stereocenters. The van der Waals surface area contributed by atoms with Crippen molar-refractivity contribution in [2.24, 2.45) is 0 Å². The molecule has 6 nitrogen and oxygen atoms in total. The van der Waals surface area contributed by atoms with Gasteiger partial charge in [0.2, 0.25) is 0 Å². The molecule has 0 saturated carbocycles. The standard InChI is InChI=1S/C32H46O6/c1-5-8-9-10-11-12-13-14-15-16-32(34)38-31-23-26(35-4)20-21-28(31)29(33)22-18-25-17-19-27(36-6-2)24-30(25)37-7-3/h17-24,29,33H,5-16H2,1-4H3. The monoisotopic (exact) mass is 526 g/mol. The average molecular weight is 527 g/mol. The molecule has 0 fully saturated rings. The van der Waals surface area contributed by atoms with E-state index in [0.717, 1.165) is 30.6 Å². The molecule has 6 heteroatoms. The van der Waals surface area contributed by atoms with Gasteiger partial charge in [-0.25, -0.2) is 0 Å². The van der Waals surface area contributed by atoms with Gasteiger partial charge in [0, 0.05) is 29.7 Å². The molecule has 0 aliphatic carbocycles. The third-order valence-electron chi connectivity index (χ3n) is 6.30. The highest BCUT2D eigenvalue weighted by Gasteiger charge is 2.16. The zero-order valence-electron chi connectivity index (χ0n) is 23.7. The van der Waals surface area contributed by atoms with E-state index in [1.54, 1.807) is 37.5 Å². The summed E-state index contributed by atoms with van der Waals surface area (Å²) in [5.41, 5.74) is 1.30. The smallest absolute Gasteiger partial charge is 0.311 e. The lowest BCUT2D eigenvalue weighted by Gasteiger charge is -2.15. The van der Waals surface area contributed by atoms with Crippen molar-refractivity contribution in [3.63, 3.8) is 0 Å². The second-order valence-corrected chi connectivity index (χ2v) is 9.33. The highest BCUT2D eigenvalue weighted by molar-refractivity contribution is 5.73. The summed E-state index contributed by atoms with van der Waals surface area (Å²) in [5, 5.41) is 11.0. The number of ether oxygens (including phenoxy) is 4. The minimum absolute atomic E-state index is 0.302. The summed E-state index contributed by atoms with van der Waals surface area (Å²) in [6, 6.07) is 10.7. The molecular formula is C32H46O6. The van der Waals surface area contributed by atoms with Gasteiger partial charge in [0.1, 0.15) is 29.1 Å². The lowest BCUT2D eigenvalue weighted by molar-refractivity contribution is -0.134. The first kappa shape index (κ1) is 31.2. The van der Waals surface area contributed by atoms with Gasteiger partial charge in [-0.05, 0) is 44.5 Å². The fourth-order valence-corrected chi connectivity index (χ4v) is 4.22. The van der Waals surface area contributed by atoms with Crippen LogP contribution in [0.25, 0.3) is 6.08 Å². The highest BCUT2D eigenvalue weighted by atomic mass is 16.5. The van der Waals surface area contributed by atoms with Crippen molar-refractivity contribution in [3.8, 4) is 23.0 Å². The van der Waals surface area contributed by atoms with Crippen LogP contribution in [0.3, 0.4) is 0 Å². The van der Waals surface area contributed by atoms with E-state index in [-0.39, 0.29) is 5.97 Å². The average Bonchev–Trinajstić information content (AvgIpc) is 2.92. The van der Waals surface area contributed by atoms with Gasteiger partial charge in [0.25, 0.3) is 0 Å². The number of carbonyl (C=O) groups is 1. The fourth-order valence-electron chi connectivity index (χ4n) is 4.22. The van der Waals surface area contributed by atoms with Crippen LogP contribution in [0, 0.1) is 0 Å². The van der Waals surface area contributed by atoms with Crippen LogP contribution < -0.4 is 18.9 Å². The van der Waals surface area contributed by atoms with Crippen molar-refractivity contribution in [2.75, 3.05) is 20.3 Å². The molecule has 38 heavy (non-hydrogen) atoms. The topological polar surface area (TPSA) is 74.2 Å². The lowest BCUT2D eigenvalue weighted by Crippen LogP contribution is -2.10. The second-order valence-electron chi connectivity index (χ2n) is 9.33. The number of methoxy groups -OCH3 is 1. The summed E-state index contributed by atoms with van der Waals surface area (Å²) in [4.78, 5) is 12.6. The van der Waals surface area contributed by atoms with Crippen molar-refractivity contribution in [3.05, 3.63) is 53.6 Å². The summed E-state index contributed by atoms with van der Waals surface area (Å²) in [6.07, 6.45) is 13.5. The van der Waals surface area contributed by atoms with E-state index in [4.69, 9.17) is 18.9 Å². The lowest BCUT2D eigenvalue weighted by atomic mass is 10.1. The zero-order chi connectivity index (χ0) is 27.6. The van der Waals surface area contributed by atoms with E-state index in [0.29, 0.717) is 42.4 Å². The minimum Gasteiger partial charge on any atom is -0.497 e. The maximum atomic E-state index is 12.6. The van der Waals surface area contributed by atoms with E-state index >= 15 is 0 Å². The Morgan fingerprint density at radius 3 is 2.11 bits per heavy atom. The molecule has 0 aliphatic rings. The molecule has 0 bridgehead atoms. The van der Waals surface area contributed by atoms with Crippen molar-refractivity contribution in [1.82, 2.24) is 0 Å². The van der Waals surface area contributed by atoms with Crippen molar-refractivity contribution in [1.29, 1.82) is 0 Å². The summed E-state index contributed by atoms with van der Waals surface area (Å²) < 4.78 is 22.3. The Morgan fingerprint density at radius 1 is 0.816 bits per heavy atom. The van der Waals surface area contributed by atoms with Crippen molar-refractivity contribution < 1.29 is 28.8 Å². The first-order valence-corrected chi connectivity index (χ1v) is 14.2. The molecular weight excluding hydrogens is 480 g/mol. The largest absolute Gasteiger partial charge is 0.497 e. The number of hydrogen-bond donors (Lipinski definition) is 1. The van der Waals surface area contributed by atoms with Crippen LogP contribution in [0.2, 0.25) is 0 Å². The Balaban J connectivity index is 1.99. The van der Waals surface area contributed by atoms with E-state index in [1.165, 1.54) is 38.5 Å². The van der Waals surface area contributed by atoms with Crippen molar-refractivity contribution >= 4 is 12.0 Å². The van der Waals surface area contributed by atoms with Crippen molar-refractivity contribution in [2.45, 2.75) is 91.1 Å². The summed E-state index contributed by atoms with van der Waals surface area (Å²) in [7, 11) is 1.56. The first-order valence-electron chi connectivity index (χ1n) is 14.2. The molecule has 0 aliphatic heterocycles. The minimum atomic E-state index is -0.988. The molecule has 0 amide bonds. The van der Waals surface area contributed by atoms with E-state index in [1.807, 2.05) is 32.0 Å². The van der Waals surface area contributed by atoms with Gasteiger partial charge >= 0.3 is 5.97 Å². The molecule has 2 rings (SSSR count). The number of benzene rings is 2. The molecule has 210 valence electrons. The molecule has 0 saturated heterocycles. The Kier molecular flexibility index (Phi) is 15.0. The zero-order valence-corrected chi connectivity index (χ0v) is 23.7. The molecule has 1 atom stereocenters. The van der Waals surface area contributed by atoms with Gasteiger partial charge in [-0.3, -0.25) is 4.79 Å². The maximum Gasteiger partial charge on any atom is 0.311 e. The molecule has 0 aromatic heterocycles. The first-order chi connectivity index (χ1) is 18.5. The van der Waals surface area contributed by atoms with Crippen LogP contribution in [-0.4, -0.2) is 31.4 Å². The van der Waals surface area contributed by atoms with Gasteiger partial charge in [-0.2, -0.15) is 0 Å². The van der Waals surface area contributed by atoms with Crippen LogP contribution in [0.5, 0.6) is 23.0 Å². The molecule has 1 N–H and O–H groups in total. The SMILES string of the molecule is CCCCCCCCCCCC(=O)Oc1cc(OC)ccc1C(O)C=Cc1ccc(OCC)cc1OCC. The van der Waals surface area contributed by atoms with Crippen LogP contribution in [-0.2, 0) is 4.79 Å². The summed E-state index contributed by atoms with van der Waals surface area (Å²) in [5.74, 6) is 1.96. The number of unbranched alkanes of at least 4 members (excludes halogenated alkanes) is 8. The van der Waals surface area contributed by atoms with Crippen LogP contribution in [0.4, 0.5) is 0 Å². The van der Waals surface area contributed by atoms with Gasteiger partial charge in [-0.15, -0.1) is 0 Å².